The zero-order valence-corrected chi connectivity index (χ0v) is 11.5. The van der Waals surface area contributed by atoms with Gasteiger partial charge in [0.1, 0.15) is 0 Å². The molecule has 1 aromatic heterocycles. The highest BCUT2D eigenvalue weighted by atomic mass is 79.9. The van der Waals surface area contributed by atoms with Crippen LogP contribution in [0.25, 0.3) is 10.9 Å². The topological polar surface area (TPSA) is 22.3 Å². The van der Waals surface area contributed by atoms with Crippen LogP contribution in [-0.2, 0) is 0 Å². The van der Waals surface area contributed by atoms with Gasteiger partial charge in [-0.1, -0.05) is 0 Å². The van der Waals surface area contributed by atoms with Crippen molar-refractivity contribution in [3.63, 3.8) is 0 Å². The number of aromatic nitrogens is 1. The van der Waals surface area contributed by atoms with E-state index in [1.807, 2.05) is 6.20 Å². The molecule has 0 saturated carbocycles. The Kier molecular flexibility index (Phi) is 2.84. The van der Waals surface area contributed by atoms with E-state index in [9.17, 15) is 0 Å². The lowest BCUT2D eigenvalue weighted by Crippen LogP contribution is -2.44. The maximum absolute atomic E-state index is 3.54. The summed E-state index contributed by atoms with van der Waals surface area (Å²) in [4.78, 5) is 8.12. The van der Waals surface area contributed by atoms with E-state index >= 15 is 0 Å². The fourth-order valence-electron chi connectivity index (χ4n) is 2.34. The third-order valence-electron chi connectivity index (χ3n) is 3.48. The Balaban J connectivity index is 1.90. The predicted octanol–water partition coefficient (Wildman–Crippen LogP) is 2.68. The molecule has 3 rings (SSSR count). The summed E-state index contributed by atoms with van der Waals surface area (Å²) in [6.45, 7) is 4.52. The van der Waals surface area contributed by atoms with Crippen LogP contribution in [0.4, 0.5) is 5.69 Å². The summed E-state index contributed by atoms with van der Waals surface area (Å²) >= 11 is 3.54. The summed E-state index contributed by atoms with van der Waals surface area (Å²) in [6, 6.07) is 6.64. The summed E-state index contributed by atoms with van der Waals surface area (Å²) in [6.07, 6.45) is 2.00. The largest absolute Gasteiger partial charge is 0.369 e. The van der Waals surface area contributed by atoms with Gasteiger partial charge in [0.25, 0.3) is 0 Å². The van der Waals surface area contributed by atoms with Gasteiger partial charge in [0.05, 0.1) is 0 Å². The highest BCUT2D eigenvalue weighted by Gasteiger charge is 2.14. The van der Waals surface area contributed by atoms with Crippen LogP contribution in [0.15, 0.2) is 28.9 Å². The highest BCUT2D eigenvalue weighted by molar-refractivity contribution is 9.10. The quantitative estimate of drug-likeness (QED) is 0.873. The first kappa shape index (κ1) is 11.1. The average molecular weight is 294 g/mol. The van der Waals surface area contributed by atoms with Crippen molar-refractivity contribution in [1.29, 1.82) is 0 Å². The Morgan fingerprint density at radius 1 is 1.18 bits per heavy atom. The Bertz CT molecular complexity index is 526. The monoisotopic (exact) mass is 293 g/mol. The van der Waals surface area contributed by atoms with Crippen molar-refractivity contribution in [3.05, 3.63) is 28.9 Å². The fourth-order valence-corrected chi connectivity index (χ4v) is 2.80. The molecule has 0 spiro atoms. The number of hydrogen-bond donors (Lipinski definition) is 1. The Labute approximate surface area is 110 Å². The first-order valence-corrected chi connectivity index (χ1v) is 6.73. The van der Waals surface area contributed by atoms with E-state index in [0.717, 1.165) is 30.7 Å². The van der Waals surface area contributed by atoms with E-state index in [4.69, 9.17) is 0 Å². The van der Waals surface area contributed by atoms with E-state index in [-0.39, 0.29) is 0 Å². The van der Waals surface area contributed by atoms with Crippen molar-refractivity contribution in [2.75, 3.05) is 38.1 Å². The minimum Gasteiger partial charge on any atom is -0.369 e. The minimum absolute atomic E-state index is 1.11. The third-order valence-corrected chi connectivity index (χ3v) is 4.14. The highest BCUT2D eigenvalue weighted by Crippen LogP contribution is 2.27. The number of nitrogens with zero attached hydrogens (tertiary/aromatic N) is 2. The van der Waals surface area contributed by atoms with Crippen LogP contribution >= 0.6 is 15.9 Å². The van der Waals surface area contributed by atoms with E-state index in [1.54, 1.807) is 0 Å². The molecule has 0 bridgehead atoms. The molecule has 1 saturated heterocycles. The van der Waals surface area contributed by atoms with Crippen LogP contribution in [-0.4, -0.2) is 43.1 Å². The van der Waals surface area contributed by atoms with Gasteiger partial charge < -0.3 is 14.8 Å². The lowest BCUT2D eigenvalue weighted by molar-refractivity contribution is 0.313. The SMILES string of the molecule is CN1CCN(c2ccc3c(Br)c[nH]c3c2)CC1. The zero-order chi connectivity index (χ0) is 11.8. The molecule has 0 radical (unpaired) electrons. The number of rotatable bonds is 1. The first-order valence-electron chi connectivity index (χ1n) is 5.94. The van der Waals surface area contributed by atoms with Crippen molar-refractivity contribution in [2.24, 2.45) is 0 Å². The number of piperazine rings is 1. The van der Waals surface area contributed by atoms with Gasteiger partial charge in [-0.05, 0) is 41.2 Å². The van der Waals surface area contributed by atoms with Gasteiger partial charge in [0, 0.05) is 53.4 Å². The summed E-state index contributed by atoms with van der Waals surface area (Å²) in [5.74, 6) is 0. The van der Waals surface area contributed by atoms with Gasteiger partial charge in [-0.15, -0.1) is 0 Å². The van der Waals surface area contributed by atoms with E-state index < -0.39 is 0 Å². The second kappa shape index (κ2) is 4.35. The van der Waals surface area contributed by atoms with Crippen LogP contribution in [0.5, 0.6) is 0 Å². The molecule has 1 N–H and O–H groups in total. The van der Waals surface area contributed by atoms with Crippen molar-refractivity contribution < 1.29 is 0 Å². The molecule has 4 heteroatoms. The molecule has 0 amide bonds. The van der Waals surface area contributed by atoms with E-state index in [1.165, 1.54) is 16.6 Å². The van der Waals surface area contributed by atoms with Crippen LogP contribution in [0.2, 0.25) is 0 Å². The average Bonchev–Trinajstić information content (AvgIpc) is 2.72. The summed E-state index contributed by atoms with van der Waals surface area (Å²) < 4.78 is 1.14. The molecule has 17 heavy (non-hydrogen) atoms. The number of hydrogen-bond acceptors (Lipinski definition) is 2. The number of aromatic amines is 1. The number of likely N-dealkylation sites (N-methyl/N-ethyl adjacent to an activating group) is 1. The third kappa shape index (κ3) is 2.07. The Morgan fingerprint density at radius 2 is 1.94 bits per heavy atom. The molecule has 1 fully saturated rings. The summed E-state index contributed by atoms with van der Waals surface area (Å²) in [5.41, 5.74) is 2.52. The molecule has 0 atom stereocenters. The zero-order valence-electron chi connectivity index (χ0n) is 9.91. The maximum Gasteiger partial charge on any atom is 0.0486 e. The van der Waals surface area contributed by atoms with Gasteiger partial charge >= 0.3 is 0 Å². The summed E-state index contributed by atoms with van der Waals surface area (Å²) in [5, 5.41) is 1.25. The second-order valence-electron chi connectivity index (χ2n) is 4.66. The van der Waals surface area contributed by atoms with Crippen molar-refractivity contribution in [2.45, 2.75) is 0 Å². The van der Waals surface area contributed by atoms with Gasteiger partial charge in [-0.25, -0.2) is 0 Å². The molecule has 1 aromatic carbocycles. The fraction of sp³-hybridized carbons (Fsp3) is 0.385. The second-order valence-corrected chi connectivity index (χ2v) is 5.51. The van der Waals surface area contributed by atoms with Gasteiger partial charge in [-0.2, -0.15) is 0 Å². The van der Waals surface area contributed by atoms with Crippen LogP contribution in [0, 0.1) is 0 Å². The van der Waals surface area contributed by atoms with Crippen LogP contribution in [0.1, 0.15) is 0 Å². The number of anilines is 1. The van der Waals surface area contributed by atoms with Crippen LogP contribution in [0.3, 0.4) is 0 Å². The van der Waals surface area contributed by atoms with Crippen molar-refractivity contribution in [3.8, 4) is 0 Å². The number of nitrogens with one attached hydrogen (secondary N) is 1. The Hall–Kier alpha value is -1.00. The standard InChI is InChI=1S/C13H16BrN3/c1-16-4-6-17(7-5-16)10-2-3-11-12(14)9-15-13(11)8-10/h2-3,8-9,15H,4-7H2,1H3. The van der Waals surface area contributed by atoms with Gasteiger partial charge in [-0.3, -0.25) is 0 Å². The molecule has 0 unspecified atom stereocenters. The molecule has 1 aliphatic heterocycles. The van der Waals surface area contributed by atoms with Crippen molar-refractivity contribution >= 4 is 32.5 Å². The minimum atomic E-state index is 1.11. The number of H-pyrrole nitrogens is 1. The summed E-state index contributed by atoms with van der Waals surface area (Å²) in [7, 11) is 2.18. The van der Waals surface area contributed by atoms with Gasteiger partial charge in [0.2, 0.25) is 0 Å². The van der Waals surface area contributed by atoms with E-state index in [0.29, 0.717) is 0 Å². The number of benzene rings is 1. The number of fused-ring (bicyclic) bond motifs is 1. The molecular weight excluding hydrogens is 278 g/mol. The van der Waals surface area contributed by atoms with Crippen molar-refractivity contribution in [1.82, 2.24) is 9.88 Å². The molecule has 3 nitrogen and oxygen atoms in total. The van der Waals surface area contributed by atoms with Gasteiger partial charge in [0.15, 0.2) is 0 Å². The smallest absolute Gasteiger partial charge is 0.0486 e. The molecule has 2 heterocycles. The molecular formula is C13H16BrN3. The predicted molar refractivity (Wildman–Crippen MR) is 75.7 cm³/mol. The maximum atomic E-state index is 3.54. The Morgan fingerprint density at radius 3 is 2.71 bits per heavy atom. The lowest BCUT2D eigenvalue weighted by Gasteiger charge is -2.34. The molecule has 1 aliphatic rings. The number of halogens is 1. The molecule has 90 valence electrons. The lowest BCUT2D eigenvalue weighted by atomic mass is 10.2. The first-order chi connectivity index (χ1) is 8.24. The normalized spacial score (nSPS) is 17.9. The molecule has 2 aromatic rings. The van der Waals surface area contributed by atoms with E-state index in [2.05, 4.69) is 56.0 Å². The molecule has 0 aliphatic carbocycles. The van der Waals surface area contributed by atoms with Crippen LogP contribution < -0.4 is 4.90 Å².